The number of likely N-dealkylation sites (tertiary alicyclic amines) is 2. The Labute approximate surface area is 454 Å². The molecule has 434 valence electrons. The number of alkyl halides is 9. The average Bonchev–Trinajstić information content (AvgIpc) is 4.35. The molecule has 0 atom stereocenters. The largest absolute Gasteiger partial charge is 0.490 e. The van der Waals surface area contributed by atoms with Crippen LogP contribution in [0.15, 0.2) is 107 Å². The Morgan fingerprint density at radius 3 is 1.08 bits per heavy atom. The van der Waals surface area contributed by atoms with E-state index in [1.807, 2.05) is 12.1 Å². The van der Waals surface area contributed by atoms with Crippen molar-refractivity contribution in [1.82, 2.24) is 9.80 Å². The molecule has 0 amide bonds. The van der Waals surface area contributed by atoms with Gasteiger partial charge in [0.25, 0.3) is 0 Å². The lowest BCUT2D eigenvalue weighted by molar-refractivity contribution is -0.192. The predicted octanol–water partition coefficient (Wildman–Crippen LogP) is 12.1. The van der Waals surface area contributed by atoms with E-state index < -0.39 is 84.0 Å². The molecule has 2 aliphatic carbocycles. The Bertz CT molecular complexity index is 2940. The lowest BCUT2D eigenvalue weighted by Crippen LogP contribution is -2.56. The zero-order chi connectivity index (χ0) is 58.4. The van der Waals surface area contributed by atoms with E-state index in [0.29, 0.717) is 51.1 Å². The third-order valence-electron chi connectivity index (χ3n) is 14.5. The van der Waals surface area contributed by atoms with E-state index in [-0.39, 0.29) is 48.3 Å². The Balaban J connectivity index is 0.000000229. The van der Waals surface area contributed by atoms with E-state index in [0.717, 1.165) is 59.1 Å². The molecule has 8 rings (SSSR count). The van der Waals surface area contributed by atoms with Gasteiger partial charge in [0.05, 0.1) is 9.79 Å². The van der Waals surface area contributed by atoms with E-state index >= 15 is 0 Å². The molecule has 23 heteroatoms. The number of carboxylic acids is 2. The third-order valence-corrected chi connectivity index (χ3v) is 19.5. The number of halogens is 9. The number of benzene rings is 4. The van der Waals surface area contributed by atoms with Gasteiger partial charge in [0.2, 0.25) is 0 Å². The van der Waals surface area contributed by atoms with Gasteiger partial charge in [-0.3, -0.25) is 9.59 Å². The Morgan fingerprint density at radius 1 is 0.519 bits per heavy atom. The van der Waals surface area contributed by atoms with Crippen LogP contribution < -0.4 is 0 Å². The van der Waals surface area contributed by atoms with E-state index in [4.69, 9.17) is 14.6 Å². The maximum Gasteiger partial charge on any atom is 0.490 e. The summed E-state index contributed by atoms with van der Waals surface area (Å²) in [5.41, 5.74) is 3.95. The first-order valence-electron chi connectivity index (χ1n) is 25.9. The number of hydrogen-bond acceptors (Lipinski definition) is 10. The minimum absolute atomic E-state index is 0.0118. The van der Waals surface area contributed by atoms with Crippen molar-refractivity contribution in [3.63, 3.8) is 0 Å². The number of rotatable bonds is 16. The lowest BCUT2D eigenvalue weighted by atomic mass is 9.95. The second-order valence-electron chi connectivity index (χ2n) is 21.5. The van der Waals surface area contributed by atoms with Crippen LogP contribution in [0.2, 0.25) is 0 Å². The molecule has 0 unspecified atom stereocenters. The Kier molecular flexibility index (Phi) is 19.6. The Morgan fingerprint density at radius 2 is 0.810 bits per heavy atom. The summed E-state index contributed by atoms with van der Waals surface area (Å²) in [6, 6.07) is 27.9. The number of hydrogen-bond donors (Lipinski definition) is 2. The van der Waals surface area contributed by atoms with Crippen molar-refractivity contribution < 1.29 is 85.7 Å². The summed E-state index contributed by atoms with van der Waals surface area (Å²) in [4.78, 5) is 39.0. The van der Waals surface area contributed by atoms with Crippen molar-refractivity contribution in [2.45, 2.75) is 166 Å². The summed E-state index contributed by atoms with van der Waals surface area (Å²) >= 11 is 0. The average molecular weight is 1160 g/mol. The monoisotopic (exact) mass is 1160 g/mol. The van der Waals surface area contributed by atoms with Crippen LogP contribution in [0.3, 0.4) is 0 Å². The predicted molar refractivity (Wildman–Crippen MR) is 276 cm³/mol. The van der Waals surface area contributed by atoms with Crippen LogP contribution >= 0.6 is 0 Å². The van der Waals surface area contributed by atoms with Crippen LogP contribution in [0.4, 0.5) is 39.5 Å². The van der Waals surface area contributed by atoms with Crippen molar-refractivity contribution >= 4 is 37.6 Å². The molecule has 0 bridgehead atoms. The van der Waals surface area contributed by atoms with Crippen molar-refractivity contribution in [1.29, 1.82) is 0 Å². The molecular formula is C56H65F9N2O10S2. The molecule has 4 aromatic rings. The lowest BCUT2D eigenvalue weighted by Gasteiger charge is -2.40. The van der Waals surface area contributed by atoms with E-state index in [1.165, 1.54) is 24.3 Å². The van der Waals surface area contributed by atoms with Crippen LogP contribution in [0, 0.1) is 0 Å². The van der Waals surface area contributed by atoms with Crippen LogP contribution in [-0.2, 0) is 51.6 Å². The molecule has 0 spiro atoms. The second-order valence-corrected chi connectivity index (χ2v) is 26.0. The van der Waals surface area contributed by atoms with Crippen LogP contribution in [-0.4, -0.2) is 127 Å². The number of carbonyl (C=O) groups excluding carboxylic acids is 1. The zero-order valence-electron chi connectivity index (χ0n) is 43.9. The summed E-state index contributed by atoms with van der Waals surface area (Å²) in [6.45, 7) is 7.21. The van der Waals surface area contributed by atoms with Gasteiger partial charge in [-0.2, -0.15) is 39.5 Å². The highest BCUT2D eigenvalue weighted by Crippen LogP contribution is 2.43. The topological polar surface area (TPSA) is 176 Å². The van der Waals surface area contributed by atoms with Gasteiger partial charge in [0, 0.05) is 51.1 Å². The van der Waals surface area contributed by atoms with Gasteiger partial charge in [-0.05, 0) is 155 Å². The van der Waals surface area contributed by atoms with Gasteiger partial charge in [-0.15, -0.1) is 0 Å². The van der Waals surface area contributed by atoms with E-state index in [2.05, 4.69) is 9.80 Å². The quantitative estimate of drug-likeness (QED) is 0.0803. The fraction of sp³-hybridized carbons (Fsp3) is 0.518. The molecule has 4 aliphatic rings. The summed E-state index contributed by atoms with van der Waals surface area (Å²) in [5, 5.41) is 17.1. The molecule has 2 saturated heterocycles. The van der Waals surface area contributed by atoms with E-state index in [9.17, 15) is 71.0 Å². The van der Waals surface area contributed by atoms with Crippen LogP contribution in [0.5, 0.6) is 0 Å². The summed E-state index contributed by atoms with van der Waals surface area (Å²) in [7, 11) is -8.14. The number of piperidine rings is 2. The highest BCUT2D eigenvalue weighted by atomic mass is 32.2. The summed E-state index contributed by atoms with van der Waals surface area (Å²) in [6.07, 6.45) is -9.38. The highest BCUT2D eigenvalue weighted by molar-refractivity contribution is 7.94. The number of nitrogens with zero attached hydrogens (tertiary/aromatic N) is 2. The van der Waals surface area contributed by atoms with Gasteiger partial charge >= 0.3 is 36.4 Å². The first-order chi connectivity index (χ1) is 36.7. The Hall–Kier alpha value is -5.52. The third kappa shape index (κ3) is 16.6. The van der Waals surface area contributed by atoms with Gasteiger partial charge < -0.3 is 24.7 Å². The summed E-state index contributed by atoms with van der Waals surface area (Å²) < 4.78 is 163. The van der Waals surface area contributed by atoms with Gasteiger partial charge in [-0.1, -0.05) is 72.8 Å². The molecular weight excluding hydrogens is 1100 g/mol. The number of aliphatic carboxylic acids is 2. The molecule has 0 aromatic heterocycles. The van der Waals surface area contributed by atoms with Crippen molar-refractivity contribution in [3.05, 3.63) is 108 Å². The maximum atomic E-state index is 14.0. The standard InChI is InChI=1S/C29H36F3NO4S.C25H28F3NO4S.C2HF3O2/c1-27(2,3)37-26(34)28(17-19-33(20-18-28)24-12-13-24)38(35,36)25-14-10-23(11-15-25)22-8-6-21(7-9-22)5-4-16-29(30,31)32;26-25(27,28)13-1-2-18-3-5-19(6-4-18)20-7-11-22(12-8-20)34(32,33)24(23(30)31)14-16-29(17-15-24)21-9-10-21;3-2(4,5)1(6)7/h6-11,14-15,24H,4-5,12-13,16-20H2,1-3H3;3-8,11-12,21H,1-2,9-10,13-17H2,(H,30,31);(H,6,7). The van der Waals surface area contributed by atoms with Crippen molar-refractivity contribution in [2.24, 2.45) is 0 Å². The van der Waals surface area contributed by atoms with Crippen molar-refractivity contribution in [2.75, 3.05) is 26.2 Å². The molecule has 0 radical (unpaired) electrons. The molecule has 79 heavy (non-hydrogen) atoms. The molecule has 2 N–H and O–H groups in total. The molecule has 4 aromatic carbocycles. The zero-order valence-corrected chi connectivity index (χ0v) is 45.5. The summed E-state index contributed by atoms with van der Waals surface area (Å²) in [5.74, 6) is -4.74. The second kappa shape index (κ2) is 24.7. The first-order valence-corrected chi connectivity index (χ1v) is 28.9. The smallest absolute Gasteiger partial charge is 0.480 e. The number of ether oxygens (including phenoxy) is 1. The fourth-order valence-electron chi connectivity index (χ4n) is 9.75. The molecule has 2 saturated carbocycles. The molecule has 2 aliphatic heterocycles. The number of carbonyl (C=O) groups is 3. The maximum absolute atomic E-state index is 14.0. The van der Waals surface area contributed by atoms with Crippen LogP contribution in [0.25, 0.3) is 22.3 Å². The van der Waals surface area contributed by atoms with Gasteiger partial charge in [0.1, 0.15) is 5.60 Å². The first kappa shape index (κ1) is 62.7. The molecule has 12 nitrogen and oxygen atoms in total. The van der Waals surface area contributed by atoms with Crippen molar-refractivity contribution in [3.8, 4) is 22.3 Å². The normalized spacial score (nSPS) is 18.3. The van der Waals surface area contributed by atoms with Gasteiger partial charge in [-0.25, -0.2) is 21.6 Å². The fourth-order valence-corrected chi connectivity index (χ4v) is 13.6. The number of sulfone groups is 2. The SMILES string of the molecule is CC(C)(C)OC(=O)C1(S(=O)(=O)c2ccc(-c3ccc(CCCC(F)(F)F)cc3)cc2)CCN(C2CC2)CC1.O=C(O)C(F)(F)F.O=C(O)C1(S(=O)(=O)c2ccc(-c3ccc(CCCC(F)(F)F)cc3)cc2)CCN(C2CC2)CC1. The minimum Gasteiger partial charge on any atom is -0.480 e. The van der Waals surface area contributed by atoms with E-state index in [1.54, 1.807) is 81.4 Å². The molecule has 4 fully saturated rings. The number of esters is 1. The number of aryl methyl sites for hydroxylation is 2. The highest BCUT2D eigenvalue weighted by Gasteiger charge is 2.57. The van der Waals surface area contributed by atoms with Gasteiger partial charge in [0.15, 0.2) is 29.2 Å². The van der Waals surface area contributed by atoms with Crippen LogP contribution in [0.1, 0.15) is 109 Å². The minimum atomic E-state index is -5.08. The molecule has 2 heterocycles. The number of carboxylic acid groups (broad SMARTS) is 2.